The third-order valence-corrected chi connectivity index (χ3v) is 3.29. The Morgan fingerprint density at radius 2 is 1.53 bits per heavy atom. The molecule has 0 amide bonds. The average molecular weight is 272 g/mol. The molecule has 1 rings (SSSR count). The number of rotatable bonds is 6. The van der Waals surface area contributed by atoms with Crippen molar-refractivity contribution >= 4 is 17.9 Å². The first-order valence-electron chi connectivity index (χ1n) is 6.41. The van der Waals surface area contributed by atoms with E-state index in [1.54, 1.807) is 13.8 Å². The third-order valence-electron chi connectivity index (χ3n) is 3.29. The molecule has 0 aliphatic heterocycles. The van der Waals surface area contributed by atoms with Crippen LogP contribution < -0.4 is 0 Å². The Morgan fingerprint density at radius 1 is 1.05 bits per heavy atom. The van der Waals surface area contributed by atoms with Crippen molar-refractivity contribution in [1.82, 2.24) is 0 Å². The number of ether oxygens (including phenoxy) is 3. The van der Waals surface area contributed by atoms with Gasteiger partial charge in [0.15, 0.2) is 5.41 Å². The van der Waals surface area contributed by atoms with Crippen LogP contribution in [0.1, 0.15) is 33.1 Å². The molecule has 19 heavy (non-hydrogen) atoms. The lowest BCUT2D eigenvalue weighted by Crippen LogP contribution is -2.52. The largest absolute Gasteiger partial charge is 0.469 e. The normalized spacial score (nSPS) is 17.2. The van der Waals surface area contributed by atoms with Crippen LogP contribution in [0, 0.1) is 11.3 Å². The zero-order valence-electron chi connectivity index (χ0n) is 11.6. The average Bonchev–Trinajstić information content (AvgIpc) is 2.33. The topological polar surface area (TPSA) is 78.9 Å². The van der Waals surface area contributed by atoms with E-state index in [-0.39, 0.29) is 44.4 Å². The molecule has 1 fully saturated rings. The van der Waals surface area contributed by atoms with Gasteiger partial charge in [-0.05, 0) is 32.6 Å². The number of carbonyl (C=O) groups excluding carboxylic acids is 3. The van der Waals surface area contributed by atoms with E-state index in [0.717, 1.165) is 0 Å². The van der Waals surface area contributed by atoms with Crippen LogP contribution in [-0.2, 0) is 28.6 Å². The fraction of sp³-hybridized carbons (Fsp3) is 0.769. The molecular weight excluding hydrogens is 252 g/mol. The van der Waals surface area contributed by atoms with Gasteiger partial charge in [-0.1, -0.05) is 0 Å². The molecule has 0 spiro atoms. The summed E-state index contributed by atoms with van der Waals surface area (Å²) in [6, 6.07) is 0. The van der Waals surface area contributed by atoms with Gasteiger partial charge in [0.1, 0.15) is 0 Å². The minimum Gasteiger partial charge on any atom is -0.469 e. The van der Waals surface area contributed by atoms with Crippen LogP contribution in [0.15, 0.2) is 0 Å². The standard InChI is InChI=1S/C13H20O6/c1-4-18-11(15)13(12(16)19-5-2)7-9(8-13)6-10(14)17-3/h9H,4-8H2,1-3H3. The van der Waals surface area contributed by atoms with E-state index in [0.29, 0.717) is 0 Å². The Bertz CT molecular complexity index is 336. The molecule has 6 nitrogen and oxygen atoms in total. The molecule has 6 heteroatoms. The smallest absolute Gasteiger partial charge is 0.323 e. The lowest BCUT2D eigenvalue weighted by Gasteiger charge is -2.42. The van der Waals surface area contributed by atoms with Crippen LogP contribution in [0.4, 0.5) is 0 Å². The van der Waals surface area contributed by atoms with Crippen LogP contribution >= 0.6 is 0 Å². The molecule has 0 aromatic rings. The first-order valence-corrected chi connectivity index (χ1v) is 6.41. The highest BCUT2D eigenvalue weighted by molar-refractivity contribution is 6.01. The highest BCUT2D eigenvalue weighted by atomic mass is 16.6. The zero-order chi connectivity index (χ0) is 14.5. The molecule has 0 unspecified atom stereocenters. The quantitative estimate of drug-likeness (QED) is 0.409. The SMILES string of the molecule is CCOC(=O)C1(C(=O)OCC)CC(CC(=O)OC)C1. The van der Waals surface area contributed by atoms with Gasteiger partial charge in [-0.25, -0.2) is 0 Å². The van der Waals surface area contributed by atoms with Crippen molar-refractivity contribution in [2.45, 2.75) is 33.1 Å². The fourth-order valence-electron chi connectivity index (χ4n) is 2.34. The molecular formula is C13H20O6. The predicted molar refractivity (Wildman–Crippen MR) is 65.1 cm³/mol. The van der Waals surface area contributed by atoms with Crippen LogP contribution in [0.25, 0.3) is 0 Å². The van der Waals surface area contributed by atoms with Gasteiger partial charge in [0.25, 0.3) is 0 Å². The molecule has 0 aromatic heterocycles. The summed E-state index contributed by atoms with van der Waals surface area (Å²) in [5.74, 6) is -1.50. The molecule has 0 aromatic carbocycles. The van der Waals surface area contributed by atoms with Gasteiger partial charge in [0.05, 0.1) is 20.3 Å². The van der Waals surface area contributed by atoms with Gasteiger partial charge in [0.2, 0.25) is 0 Å². The summed E-state index contributed by atoms with van der Waals surface area (Å²) in [5, 5.41) is 0. The van der Waals surface area contributed by atoms with E-state index in [4.69, 9.17) is 9.47 Å². The monoisotopic (exact) mass is 272 g/mol. The van der Waals surface area contributed by atoms with E-state index in [1.165, 1.54) is 7.11 Å². The second-order valence-corrected chi connectivity index (χ2v) is 4.58. The van der Waals surface area contributed by atoms with E-state index >= 15 is 0 Å². The van der Waals surface area contributed by atoms with E-state index < -0.39 is 17.4 Å². The molecule has 108 valence electrons. The third kappa shape index (κ3) is 3.24. The van der Waals surface area contributed by atoms with Crippen LogP contribution in [0.5, 0.6) is 0 Å². The Morgan fingerprint density at radius 3 is 1.89 bits per heavy atom. The number of methoxy groups -OCH3 is 1. The summed E-state index contributed by atoms with van der Waals surface area (Å²) in [5.41, 5.74) is -1.23. The van der Waals surface area contributed by atoms with Gasteiger partial charge >= 0.3 is 17.9 Å². The summed E-state index contributed by atoms with van der Waals surface area (Å²) in [7, 11) is 1.31. The van der Waals surface area contributed by atoms with Crippen molar-refractivity contribution in [2.24, 2.45) is 11.3 Å². The highest BCUT2D eigenvalue weighted by Crippen LogP contribution is 2.49. The maximum atomic E-state index is 11.9. The van der Waals surface area contributed by atoms with Crippen LogP contribution in [0.2, 0.25) is 0 Å². The predicted octanol–water partition coefficient (Wildman–Crippen LogP) is 1.07. The van der Waals surface area contributed by atoms with Crippen molar-refractivity contribution < 1.29 is 28.6 Å². The van der Waals surface area contributed by atoms with Gasteiger partial charge in [0, 0.05) is 6.42 Å². The van der Waals surface area contributed by atoms with Gasteiger partial charge in [-0.3, -0.25) is 14.4 Å². The molecule has 0 atom stereocenters. The molecule has 0 bridgehead atoms. The number of carbonyl (C=O) groups is 3. The van der Waals surface area contributed by atoms with Crippen molar-refractivity contribution in [3.63, 3.8) is 0 Å². The van der Waals surface area contributed by atoms with Gasteiger partial charge in [-0.2, -0.15) is 0 Å². The van der Waals surface area contributed by atoms with E-state index in [1.807, 2.05) is 0 Å². The van der Waals surface area contributed by atoms with Crippen LogP contribution in [-0.4, -0.2) is 38.2 Å². The summed E-state index contributed by atoms with van der Waals surface area (Å²) >= 11 is 0. The maximum Gasteiger partial charge on any atom is 0.323 e. The Labute approximate surface area is 112 Å². The Hall–Kier alpha value is -1.59. The summed E-state index contributed by atoms with van der Waals surface area (Å²) in [4.78, 5) is 35.0. The van der Waals surface area contributed by atoms with Crippen molar-refractivity contribution in [3.05, 3.63) is 0 Å². The maximum absolute atomic E-state index is 11.9. The van der Waals surface area contributed by atoms with E-state index in [9.17, 15) is 14.4 Å². The second kappa shape index (κ2) is 6.54. The summed E-state index contributed by atoms with van der Waals surface area (Å²) < 4.78 is 14.5. The Balaban J connectivity index is 2.69. The summed E-state index contributed by atoms with van der Waals surface area (Å²) in [6.45, 7) is 3.78. The van der Waals surface area contributed by atoms with Gasteiger partial charge in [-0.15, -0.1) is 0 Å². The number of hydrogen-bond donors (Lipinski definition) is 0. The Kier molecular flexibility index (Phi) is 5.32. The first-order chi connectivity index (χ1) is 9.00. The highest BCUT2D eigenvalue weighted by Gasteiger charge is 2.58. The van der Waals surface area contributed by atoms with Crippen molar-refractivity contribution in [3.8, 4) is 0 Å². The molecule has 1 aliphatic rings. The lowest BCUT2D eigenvalue weighted by molar-refractivity contribution is -0.184. The first kappa shape index (κ1) is 15.5. The second-order valence-electron chi connectivity index (χ2n) is 4.58. The zero-order valence-corrected chi connectivity index (χ0v) is 11.6. The molecule has 0 heterocycles. The summed E-state index contributed by atoms with van der Waals surface area (Å²) in [6.07, 6.45) is 0.761. The van der Waals surface area contributed by atoms with Crippen molar-refractivity contribution in [2.75, 3.05) is 20.3 Å². The minimum atomic E-state index is -1.23. The van der Waals surface area contributed by atoms with Gasteiger partial charge < -0.3 is 14.2 Å². The van der Waals surface area contributed by atoms with Crippen molar-refractivity contribution in [1.29, 1.82) is 0 Å². The molecule has 1 saturated carbocycles. The van der Waals surface area contributed by atoms with E-state index in [2.05, 4.69) is 4.74 Å². The van der Waals surface area contributed by atoms with Crippen LogP contribution in [0.3, 0.4) is 0 Å². The number of esters is 3. The molecule has 0 radical (unpaired) electrons. The fourth-order valence-corrected chi connectivity index (χ4v) is 2.34. The molecule has 0 saturated heterocycles. The lowest BCUT2D eigenvalue weighted by atomic mass is 9.61. The minimum absolute atomic E-state index is 0.0405. The molecule has 0 N–H and O–H groups in total. The molecule has 1 aliphatic carbocycles. The number of hydrogen-bond acceptors (Lipinski definition) is 6.